The van der Waals surface area contributed by atoms with Crippen LogP contribution in [0.2, 0.25) is 0 Å². The van der Waals surface area contributed by atoms with Crippen LogP contribution in [0, 0.1) is 13.8 Å². The second-order valence-corrected chi connectivity index (χ2v) is 9.84. The van der Waals surface area contributed by atoms with Gasteiger partial charge in [-0.2, -0.15) is 0 Å². The van der Waals surface area contributed by atoms with Gasteiger partial charge in [0.1, 0.15) is 0 Å². The third-order valence-corrected chi connectivity index (χ3v) is 7.68. The summed E-state index contributed by atoms with van der Waals surface area (Å²) in [4.78, 5) is 36.2. The third kappa shape index (κ3) is 4.43. The molecule has 1 aromatic heterocycles. The SMILES string of the molecule is Cc1cccc(Nc2ccccc2C(=O)N2CC(N3CCN(C(=O)c4nccs4)CC3)C2)c1C. The zero-order valence-corrected chi connectivity index (χ0v) is 20.3. The molecule has 7 nitrogen and oxygen atoms in total. The van der Waals surface area contributed by atoms with Gasteiger partial charge < -0.3 is 15.1 Å². The van der Waals surface area contributed by atoms with Crippen molar-refractivity contribution in [3.63, 3.8) is 0 Å². The third-order valence-electron chi connectivity index (χ3n) is 6.91. The number of likely N-dealkylation sites (tertiary alicyclic amines) is 1. The van der Waals surface area contributed by atoms with Crippen LogP contribution in [0.5, 0.6) is 0 Å². The fourth-order valence-corrected chi connectivity index (χ4v) is 5.19. The molecule has 0 atom stereocenters. The van der Waals surface area contributed by atoms with Crippen LogP contribution in [-0.4, -0.2) is 76.8 Å². The largest absolute Gasteiger partial charge is 0.355 e. The summed E-state index contributed by atoms with van der Waals surface area (Å²) < 4.78 is 0. The minimum Gasteiger partial charge on any atom is -0.355 e. The molecule has 3 heterocycles. The number of para-hydroxylation sites is 1. The molecule has 2 aliphatic rings. The molecule has 0 unspecified atom stereocenters. The van der Waals surface area contributed by atoms with E-state index in [1.165, 1.54) is 22.5 Å². The Morgan fingerprint density at radius 1 is 0.912 bits per heavy atom. The zero-order chi connectivity index (χ0) is 23.7. The van der Waals surface area contributed by atoms with Gasteiger partial charge in [0.05, 0.1) is 11.3 Å². The predicted molar refractivity (Wildman–Crippen MR) is 135 cm³/mol. The molecule has 0 spiro atoms. The smallest absolute Gasteiger partial charge is 0.282 e. The van der Waals surface area contributed by atoms with Crippen molar-refractivity contribution in [3.05, 3.63) is 75.7 Å². The van der Waals surface area contributed by atoms with Gasteiger partial charge in [0.15, 0.2) is 5.01 Å². The molecule has 34 heavy (non-hydrogen) atoms. The molecule has 2 fully saturated rings. The summed E-state index contributed by atoms with van der Waals surface area (Å²) in [5.41, 5.74) is 4.95. The predicted octanol–water partition coefficient (Wildman–Crippen LogP) is 3.79. The highest BCUT2D eigenvalue weighted by Crippen LogP contribution is 2.28. The van der Waals surface area contributed by atoms with Gasteiger partial charge in [-0.1, -0.05) is 24.3 Å². The summed E-state index contributed by atoms with van der Waals surface area (Å²) in [6, 6.07) is 14.2. The monoisotopic (exact) mass is 475 g/mol. The number of hydrogen-bond acceptors (Lipinski definition) is 6. The fourth-order valence-electron chi connectivity index (χ4n) is 4.59. The number of anilines is 2. The van der Waals surface area contributed by atoms with Crippen molar-refractivity contribution < 1.29 is 9.59 Å². The standard InChI is InChI=1S/C26H29N5O2S/c1-18-6-5-9-22(19(18)2)28-23-8-4-3-7-21(23)25(32)31-16-20(17-31)29-11-13-30(14-12-29)26(33)24-27-10-15-34-24/h3-10,15,20,28H,11-14,16-17H2,1-2H3. The molecule has 2 aromatic carbocycles. The Balaban J connectivity index is 1.18. The molecule has 0 saturated carbocycles. The van der Waals surface area contributed by atoms with Gasteiger partial charge in [-0.15, -0.1) is 11.3 Å². The van der Waals surface area contributed by atoms with Gasteiger partial charge in [-0.3, -0.25) is 14.5 Å². The first-order chi connectivity index (χ1) is 16.5. The summed E-state index contributed by atoms with van der Waals surface area (Å²) in [7, 11) is 0. The van der Waals surface area contributed by atoms with Crippen LogP contribution in [-0.2, 0) is 0 Å². The maximum absolute atomic E-state index is 13.3. The van der Waals surface area contributed by atoms with Crippen molar-refractivity contribution >= 4 is 34.5 Å². The topological polar surface area (TPSA) is 68.8 Å². The lowest BCUT2D eigenvalue weighted by molar-refractivity contribution is 0.00858. The number of benzene rings is 2. The highest BCUT2D eigenvalue weighted by atomic mass is 32.1. The average Bonchev–Trinajstić information content (AvgIpc) is 3.36. The number of nitrogens with one attached hydrogen (secondary N) is 1. The molecule has 176 valence electrons. The van der Waals surface area contributed by atoms with Gasteiger partial charge >= 0.3 is 0 Å². The van der Waals surface area contributed by atoms with E-state index in [9.17, 15) is 9.59 Å². The number of amides is 2. The molecule has 5 rings (SSSR count). The van der Waals surface area contributed by atoms with E-state index in [0.29, 0.717) is 29.7 Å². The fraction of sp³-hybridized carbons (Fsp3) is 0.346. The molecule has 8 heteroatoms. The van der Waals surface area contributed by atoms with E-state index in [2.05, 4.69) is 35.1 Å². The normalized spacial score (nSPS) is 16.9. The van der Waals surface area contributed by atoms with Crippen molar-refractivity contribution in [2.75, 3.05) is 44.6 Å². The molecule has 2 aliphatic heterocycles. The maximum atomic E-state index is 13.3. The van der Waals surface area contributed by atoms with Crippen LogP contribution in [0.15, 0.2) is 54.0 Å². The number of piperazine rings is 1. The van der Waals surface area contributed by atoms with Crippen LogP contribution >= 0.6 is 11.3 Å². The first kappa shape index (κ1) is 22.6. The molecule has 2 saturated heterocycles. The summed E-state index contributed by atoms with van der Waals surface area (Å²) in [6.45, 7) is 8.67. The summed E-state index contributed by atoms with van der Waals surface area (Å²) >= 11 is 1.39. The molecule has 2 amide bonds. The van der Waals surface area contributed by atoms with Crippen molar-refractivity contribution in [2.24, 2.45) is 0 Å². The highest BCUT2D eigenvalue weighted by Gasteiger charge is 2.37. The van der Waals surface area contributed by atoms with E-state index in [1.807, 2.05) is 51.6 Å². The lowest BCUT2D eigenvalue weighted by Crippen LogP contribution is -2.64. The number of hydrogen-bond donors (Lipinski definition) is 1. The number of carbonyl (C=O) groups excluding carboxylic acids is 2. The maximum Gasteiger partial charge on any atom is 0.282 e. The Hall–Kier alpha value is -3.23. The Labute approximate surface area is 204 Å². The molecule has 0 aliphatic carbocycles. The van der Waals surface area contributed by atoms with E-state index in [4.69, 9.17) is 0 Å². The minimum absolute atomic E-state index is 0.0213. The Morgan fingerprint density at radius 2 is 1.65 bits per heavy atom. The Morgan fingerprint density at radius 3 is 2.38 bits per heavy atom. The summed E-state index contributed by atoms with van der Waals surface area (Å²) in [5.74, 6) is 0.0789. The van der Waals surface area contributed by atoms with Crippen LogP contribution < -0.4 is 5.32 Å². The average molecular weight is 476 g/mol. The molecular formula is C26H29N5O2S. The number of aryl methyl sites for hydroxylation is 1. The second-order valence-electron chi connectivity index (χ2n) is 8.95. The molecule has 0 radical (unpaired) electrons. The van der Waals surface area contributed by atoms with Gasteiger partial charge in [0.25, 0.3) is 11.8 Å². The van der Waals surface area contributed by atoms with Crippen molar-refractivity contribution in [1.29, 1.82) is 0 Å². The lowest BCUT2D eigenvalue weighted by Gasteiger charge is -2.48. The van der Waals surface area contributed by atoms with Gasteiger partial charge in [0, 0.05) is 62.6 Å². The molecule has 3 aromatic rings. The van der Waals surface area contributed by atoms with Crippen molar-refractivity contribution in [3.8, 4) is 0 Å². The lowest BCUT2D eigenvalue weighted by atomic mass is 10.0. The first-order valence-electron chi connectivity index (χ1n) is 11.7. The minimum atomic E-state index is 0.0213. The first-order valence-corrected chi connectivity index (χ1v) is 12.5. The molecule has 0 bridgehead atoms. The zero-order valence-electron chi connectivity index (χ0n) is 19.5. The van der Waals surface area contributed by atoms with Gasteiger partial charge in [-0.25, -0.2) is 4.98 Å². The summed E-state index contributed by atoms with van der Waals surface area (Å²) in [5, 5.41) is 5.86. The number of thiazole rings is 1. The molecule has 1 N–H and O–H groups in total. The van der Waals surface area contributed by atoms with Crippen molar-refractivity contribution in [2.45, 2.75) is 19.9 Å². The highest BCUT2D eigenvalue weighted by molar-refractivity contribution is 7.11. The van der Waals surface area contributed by atoms with Crippen LogP contribution in [0.4, 0.5) is 11.4 Å². The number of rotatable bonds is 5. The van der Waals surface area contributed by atoms with E-state index < -0.39 is 0 Å². The van der Waals surface area contributed by atoms with E-state index in [1.54, 1.807) is 6.20 Å². The van der Waals surface area contributed by atoms with E-state index in [0.717, 1.165) is 37.6 Å². The van der Waals surface area contributed by atoms with E-state index in [-0.39, 0.29) is 11.8 Å². The molecular weight excluding hydrogens is 446 g/mol. The van der Waals surface area contributed by atoms with Crippen molar-refractivity contribution in [1.82, 2.24) is 19.7 Å². The number of aromatic nitrogens is 1. The van der Waals surface area contributed by atoms with Crippen LogP contribution in [0.25, 0.3) is 0 Å². The Bertz CT molecular complexity index is 1180. The summed E-state index contributed by atoms with van der Waals surface area (Å²) in [6.07, 6.45) is 1.67. The van der Waals surface area contributed by atoms with E-state index >= 15 is 0 Å². The van der Waals surface area contributed by atoms with Gasteiger partial charge in [0.2, 0.25) is 0 Å². The quantitative estimate of drug-likeness (QED) is 0.608. The number of nitrogens with zero attached hydrogens (tertiary/aromatic N) is 4. The van der Waals surface area contributed by atoms with Crippen LogP contribution in [0.3, 0.4) is 0 Å². The van der Waals surface area contributed by atoms with Crippen LogP contribution in [0.1, 0.15) is 31.3 Å². The Kier molecular flexibility index (Phi) is 6.34. The van der Waals surface area contributed by atoms with Gasteiger partial charge in [-0.05, 0) is 43.2 Å². The second kappa shape index (κ2) is 9.56. The number of carbonyl (C=O) groups is 2.